The summed E-state index contributed by atoms with van der Waals surface area (Å²) < 4.78 is 10.7. The molecule has 118 valence electrons. The SMILES string of the molecule is COc1cc([C@@H](C)NC(=O)c2ccn[nH]2)ccc1OCCO. The fraction of sp³-hybridized carbons (Fsp3) is 0.333. The number of carbonyl (C=O) groups excluding carboxylic acids is 1. The number of methoxy groups -OCH3 is 1. The van der Waals surface area contributed by atoms with Crippen LogP contribution in [-0.4, -0.2) is 41.5 Å². The number of aromatic nitrogens is 2. The van der Waals surface area contributed by atoms with Crippen molar-refractivity contribution in [3.63, 3.8) is 0 Å². The second kappa shape index (κ2) is 7.46. The molecule has 22 heavy (non-hydrogen) atoms. The molecule has 0 radical (unpaired) electrons. The summed E-state index contributed by atoms with van der Waals surface area (Å²) in [6, 6.07) is 6.78. The van der Waals surface area contributed by atoms with Gasteiger partial charge in [0.15, 0.2) is 11.5 Å². The molecule has 2 rings (SSSR count). The first-order chi connectivity index (χ1) is 10.7. The largest absolute Gasteiger partial charge is 0.493 e. The fourth-order valence-corrected chi connectivity index (χ4v) is 1.97. The van der Waals surface area contributed by atoms with Crippen LogP contribution in [0.15, 0.2) is 30.5 Å². The van der Waals surface area contributed by atoms with Gasteiger partial charge in [-0.15, -0.1) is 0 Å². The maximum atomic E-state index is 12.0. The van der Waals surface area contributed by atoms with Crippen molar-refractivity contribution >= 4 is 5.91 Å². The molecule has 3 N–H and O–H groups in total. The molecule has 0 aliphatic carbocycles. The highest BCUT2D eigenvalue weighted by Crippen LogP contribution is 2.30. The number of rotatable bonds is 7. The molecule has 1 amide bonds. The van der Waals surface area contributed by atoms with Crippen LogP contribution in [0.25, 0.3) is 0 Å². The summed E-state index contributed by atoms with van der Waals surface area (Å²) >= 11 is 0. The molecule has 1 aromatic carbocycles. The van der Waals surface area contributed by atoms with E-state index in [-0.39, 0.29) is 25.2 Å². The van der Waals surface area contributed by atoms with Crippen LogP contribution in [0, 0.1) is 0 Å². The molecule has 0 aliphatic rings. The Kier molecular flexibility index (Phi) is 5.37. The zero-order chi connectivity index (χ0) is 15.9. The number of carbonyl (C=O) groups is 1. The maximum Gasteiger partial charge on any atom is 0.269 e. The lowest BCUT2D eigenvalue weighted by atomic mass is 10.1. The molecule has 0 bridgehead atoms. The second-order valence-corrected chi connectivity index (χ2v) is 4.65. The molecule has 2 aromatic rings. The average Bonchev–Trinajstić information content (AvgIpc) is 3.07. The van der Waals surface area contributed by atoms with E-state index < -0.39 is 0 Å². The predicted molar refractivity (Wildman–Crippen MR) is 80.0 cm³/mol. The number of benzene rings is 1. The molecule has 0 saturated carbocycles. The number of hydrogen-bond acceptors (Lipinski definition) is 5. The maximum absolute atomic E-state index is 12.0. The number of nitrogens with one attached hydrogen (secondary N) is 2. The van der Waals surface area contributed by atoms with Crippen LogP contribution >= 0.6 is 0 Å². The molecule has 7 nitrogen and oxygen atoms in total. The third kappa shape index (κ3) is 3.76. The van der Waals surface area contributed by atoms with Gasteiger partial charge in [0.1, 0.15) is 12.3 Å². The zero-order valence-corrected chi connectivity index (χ0v) is 12.5. The number of hydrogen-bond donors (Lipinski definition) is 3. The number of H-pyrrole nitrogens is 1. The van der Waals surface area contributed by atoms with E-state index >= 15 is 0 Å². The van der Waals surface area contributed by atoms with E-state index in [1.165, 1.54) is 6.20 Å². The highest BCUT2D eigenvalue weighted by atomic mass is 16.5. The number of amides is 1. The van der Waals surface area contributed by atoms with Crippen LogP contribution in [-0.2, 0) is 0 Å². The van der Waals surface area contributed by atoms with Crippen LogP contribution in [0.5, 0.6) is 11.5 Å². The molecule has 0 spiro atoms. The number of aliphatic hydroxyl groups is 1. The molecule has 0 fully saturated rings. The first kappa shape index (κ1) is 15.8. The van der Waals surface area contributed by atoms with Crippen molar-refractivity contribution in [2.75, 3.05) is 20.3 Å². The van der Waals surface area contributed by atoms with Gasteiger partial charge in [-0.1, -0.05) is 6.07 Å². The molecule has 7 heteroatoms. The van der Waals surface area contributed by atoms with Crippen molar-refractivity contribution in [3.8, 4) is 11.5 Å². The van der Waals surface area contributed by atoms with Crippen molar-refractivity contribution in [3.05, 3.63) is 41.7 Å². The highest BCUT2D eigenvalue weighted by molar-refractivity contribution is 5.92. The van der Waals surface area contributed by atoms with Crippen LogP contribution < -0.4 is 14.8 Å². The summed E-state index contributed by atoms with van der Waals surface area (Å²) in [6.07, 6.45) is 1.52. The first-order valence-electron chi connectivity index (χ1n) is 6.87. The molecule has 0 unspecified atom stereocenters. The van der Waals surface area contributed by atoms with Gasteiger partial charge in [0.05, 0.1) is 19.8 Å². The third-order valence-corrected chi connectivity index (χ3v) is 3.13. The monoisotopic (exact) mass is 305 g/mol. The lowest BCUT2D eigenvalue weighted by Crippen LogP contribution is -2.27. The van der Waals surface area contributed by atoms with Crippen molar-refractivity contribution in [1.82, 2.24) is 15.5 Å². The minimum atomic E-state index is -0.232. The van der Waals surface area contributed by atoms with Gasteiger partial charge in [0, 0.05) is 6.20 Å². The lowest BCUT2D eigenvalue weighted by Gasteiger charge is -2.16. The Bertz CT molecular complexity index is 613. The van der Waals surface area contributed by atoms with Crippen molar-refractivity contribution in [1.29, 1.82) is 0 Å². The third-order valence-electron chi connectivity index (χ3n) is 3.13. The Hall–Kier alpha value is -2.54. The van der Waals surface area contributed by atoms with Gasteiger partial charge < -0.3 is 19.9 Å². The van der Waals surface area contributed by atoms with Crippen molar-refractivity contribution < 1.29 is 19.4 Å². The molecule has 1 heterocycles. The smallest absolute Gasteiger partial charge is 0.269 e. The normalized spacial score (nSPS) is 11.8. The van der Waals surface area contributed by atoms with E-state index in [1.54, 1.807) is 25.3 Å². The quantitative estimate of drug-likeness (QED) is 0.716. The van der Waals surface area contributed by atoms with Gasteiger partial charge >= 0.3 is 0 Å². The van der Waals surface area contributed by atoms with Crippen LogP contribution in [0.3, 0.4) is 0 Å². The minimum absolute atomic E-state index is 0.0679. The van der Waals surface area contributed by atoms with E-state index in [0.29, 0.717) is 17.2 Å². The average molecular weight is 305 g/mol. The number of ether oxygens (including phenoxy) is 2. The van der Waals surface area contributed by atoms with E-state index in [1.807, 2.05) is 13.0 Å². The van der Waals surface area contributed by atoms with Crippen LogP contribution in [0.4, 0.5) is 0 Å². The van der Waals surface area contributed by atoms with Gasteiger partial charge in [-0.3, -0.25) is 9.89 Å². The van der Waals surface area contributed by atoms with Crippen molar-refractivity contribution in [2.24, 2.45) is 0 Å². The lowest BCUT2D eigenvalue weighted by molar-refractivity contribution is 0.0934. The Balaban J connectivity index is 2.09. The fourth-order valence-electron chi connectivity index (χ4n) is 1.97. The number of nitrogens with zero attached hydrogens (tertiary/aromatic N) is 1. The van der Waals surface area contributed by atoms with Crippen LogP contribution in [0.2, 0.25) is 0 Å². The Labute approximate surface area is 128 Å². The van der Waals surface area contributed by atoms with E-state index in [2.05, 4.69) is 15.5 Å². The minimum Gasteiger partial charge on any atom is -0.493 e. The molecule has 0 saturated heterocycles. The Morgan fingerprint density at radius 1 is 1.41 bits per heavy atom. The summed E-state index contributed by atoms with van der Waals surface area (Å²) in [5, 5.41) is 18.0. The van der Waals surface area contributed by atoms with Gasteiger partial charge in [-0.25, -0.2) is 0 Å². The predicted octanol–water partition coefficient (Wildman–Crippen LogP) is 1.28. The summed E-state index contributed by atoms with van der Waals surface area (Å²) in [5.41, 5.74) is 1.28. The van der Waals surface area contributed by atoms with Gasteiger partial charge in [-0.05, 0) is 30.7 Å². The van der Waals surface area contributed by atoms with E-state index in [9.17, 15) is 4.79 Å². The standard InChI is InChI=1S/C15H19N3O4/c1-10(17-15(20)12-5-6-16-18-12)11-3-4-13(22-8-7-19)14(9-11)21-2/h3-6,9-10,19H,7-8H2,1-2H3,(H,16,18)(H,17,20)/t10-/m1/s1. The zero-order valence-electron chi connectivity index (χ0n) is 12.5. The molecule has 0 aliphatic heterocycles. The van der Waals surface area contributed by atoms with Gasteiger partial charge in [0.25, 0.3) is 5.91 Å². The Morgan fingerprint density at radius 3 is 2.86 bits per heavy atom. The molecule has 1 aromatic heterocycles. The Morgan fingerprint density at radius 2 is 2.23 bits per heavy atom. The molecular formula is C15H19N3O4. The number of aromatic amines is 1. The summed E-state index contributed by atoms with van der Waals surface area (Å²) in [4.78, 5) is 12.0. The van der Waals surface area contributed by atoms with E-state index in [0.717, 1.165) is 5.56 Å². The number of aliphatic hydroxyl groups excluding tert-OH is 1. The van der Waals surface area contributed by atoms with Gasteiger partial charge in [0.2, 0.25) is 0 Å². The summed E-state index contributed by atoms with van der Waals surface area (Å²) in [7, 11) is 1.54. The van der Waals surface area contributed by atoms with E-state index in [4.69, 9.17) is 14.6 Å². The highest BCUT2D eigenvalue weighted by Gasteiger charge is 2.14. The topological polar surface area (TPSA) is 96.5 Å². The van der Waals surface area contributed by atoms with Crippen LogP contribution in [0.1, 0.15) is 29.0 Å². The first-order valence-corrected chi connectivity index (χ1v) is 6.87. The summed E-state index contributed by atoms with van der Waals surface area (Å²) in [6.45, 7) is 2.00. The molecular weight excluding hydrogens is 286 g/mol. The second-order valence-electron chi connectivity index (χ2n) is 4.65. The van der Waals surface area contributed by atoms with Gasteiger partial charge in [-0.2, -0.15) is 5.10 Å². The van der Waals surface area contributed by atoms with Crippen molar-refractivity contribution in [2.45, 2.75) is 13.0 Å². The summed E-state index contributed by atoms with van der Waals surface area (Å²) in [5.74, 6) is 0.866. The molecule has 1 atom stereocenters.